The molecular weight excluding hydrogens is 231 g/mol. The molecule has 0 N–H and O–H groups in total. The lowest BCUT2D eigenvalue weighted by atomic mass is 10.1. The van der Waals surface area contributed by atoms with Crippen LogP contribution in [0.15, 0.2) is 18.2 Å². The van der Waals surface area contributed by atoms with Crippen LogP contribution in [0.5, 0.6) is 0 Å². The predicted octanol–water partition coefficient (Wildman–Crippen LogP) is 3.15. The van der Waals surface area contributed by atoms with Gasteiger partial charge in [0, 0.05) is 11.5 Å². The Balaban J connectivity index is 2.15. The highest BCUT2D eigenvalue weighted by Crippen LogP contribution is 2.23. The van der Waals surface area contributed by atoms with Gasteiger partial charge in [-0.2, -0.15) is 0 Å². The number of ether oxygens (including phenoxy) is 1. The van der Waals surface area contributed by atoms with E-state index in [1.807, 2.05) is 0 Å². The molecule has 1 fully saturated rings. The lowest BCUT2D eigenvalue weighted by Gasteiger charge is -2.01. The highest BCUT2D eigenvalue weighted by Gasteiger charge is 2.13. The molecule has 1 saturated carbocycles. The van der Waals surface area contributed by atoms with Gasteiger partial charge in [-0.25, -0.2) is 9.18 Å². The number of esters is 1. The summed E-state index contributed by atoms with van der Waals surface area (Å²) < 4.78 is 18.1. The first-order valence-corrected chi connectivity index (χ1v) is 6.10. The molecule has 2 rings (SSSR count). The molecule has 1 aliphatic rings. The van der Waals surface area contributed by atoms with Gasteiger partial charge in [-0.05, 0) is 31.0 Å². The largest absolute Gasteiger partial charge is 0.465 e. The van der Waals surface area contributed by atoms with Gasteiger partial charge in [0.25, 0.3) is 0 Å². The SMILES string of the molecule is COC(=O)c1ccc(C#CC2CCCC2)cc1F. The second-order valence-electron chi connectivity index (χ2n) is 4.44. The molecule has 2 nitrogen and oxygen atoms in total. The Morgan fingerprint density at radius 1 is 1.39 bits per heavy atom. The normalized spacial score (nSPS) is 15.0. The third-order valence-electron chi connectivity index (χ3n) is 3.15. The van der Waals surface area contributed by atoms with Crippen LogP contribution in [0.3, 0.4) is 0 Å². The van der Waals surface area contributed by atoms with Gasteiger partial charge in [0.15, 0.2) is 0 Å². The summed E-state index contributed by atoms with van der Waals surface area (Å²) in [5, 5.41) is 0. The summed E-state index contributed by atoms with van der Waals surface area (Å²) in [7, 11) is 1.23. The summed E-state index contributed by atoms with van der Waals surface area (Å²) in [6, 6.07) is 4.35. The average molecular weight is 246 g/mol. The van der Waals surface area contributed by atoms with Crippen molar-refractivity contribution in [2.75, 3.05) is 7.11 Å². The van der Waals surface area contributed by atoms with Crippen molar-refractivity contribution < 1.29 is 13.9 Å². The Bertz CT molecular complexity index is 505. The van der Waals surface area contributed by atoms with Crippen LogP contribution in [0.2, 0.25) is 0 Å². The Morgan fingerprint density at radius 2 is 2.11 bits per heavy atom. The average Bonchev–Trinajstić information content (AvgIpc) is 2.88. The van der Waals surface area contributed by atoms with Gasteiger partial charge in [0.2, 0.25) is 0 Å². The fourth-order valence-electron chi connectivity index (χ4n) is 2.12. The maximum Gasteiger partial charge on any atom is 0.340 e. The fourth-order valence-corrected chi connectivity index (χ4v) is 2.12. The zero-order valence-electron chi connectivity index (χ0n) is 10.3. The summed E-state index contributed by atoms with van der Waals surface area (Å²) in [5.74, 6) is 5.32. The van der Waals surface area contributed by atoms with Crippen LogP contribution < -0.4 is 0 Å². The smallest absolute Gasteiger partial charge is 0.340 e. The summed E-state index contributed by atoms with van der Waals surface area (Å²) in [6.07, 6.45) is 4.73. The molecule has 0 radical (unpaired) electrons. The molecule has 0 bridgehead atoms. The second kappa shape index (κ2) is 5.68. The third kappa shape index (κ3) is 2.89. The number of rotatable bonds is 1. The van der Waals surface area contributed by atoms with E-state index < -0.39 is 11.8 Å². The molecule has 0 atom stereocenters. The van der Waals surface area contributed by atoms with Gasteiger partial charge in [-0.15, -0.1) is 0 Å². The zero-order chi connectivity index (χ0) is 13.0. The molecule has 1 aromatic carbocycles. The Labute approximate surface area is 106 Å². The molecule has 0 saturated heterocycles. The molecule has 0 unspecified atom stereocenters. The van der Waals surface area contributed by atoms with Crippen molar-refractivity contribution in [1.82, 2.24) is 0 Å². The number of carbonyl (C=O) groups is 1. The minimum atomic E-state index is -0.664. The van der Waals surface area contributed by atoms with Gasteiger partial charge < -0.3 is 4.74 Å². The van der Waals surface area contributed by atoms with E-state index in [9.17, 15) is 9.18 Å². The fraction of sp³-hybridized carbons (Fsp3) is 0.400. The van der Waals surface area contributed by atoms with Gasteiger partial charge in [-0.1, -0.05) is 24.7 Å². The maximum absolute atomic E-state index is 13.6. The molecule has 94 valence electrons. The molecule has 0 spiro atoms. The van der Waals surface area contributed by atoms with E-state index in [0.29, 0.717) is 11.5 Å². The van der Waals surface area contributed by atoms with E-state index in [2.05, 4.69) is 16.6 Å². The minimum Gasteiger partial charge on any atom is -0.465 e. The Hall–Kier alpha value is -1.82. The van der Waals surface area contributed by atoms with Gasteiger partial charge in [-0.3, -0.25) is 0 Å². The van der Waals surface area contributed by atoms with Crippen molar-refractivity contribution in [3.63, 3.8) is 0 Å². The van der Waals surface area contributed by atoms with Crippen LogP contribution >= 0.6 is 0 Å². The van der Waals surface area contributed by atoms with Crippen molar-refractivity contribution >= 4 is 5.97 Å². The predicted molar refractivity (Wildman–Crippen MR) is 66.6 cm³/mol. The number of halogens is 1. The van der Waals surface area contributed by atoms with Crippen molar-refractivity contribution in [2.24, 2.45) is 5.92 Å². The topological polar surface area (TPSA) is 26.3 Å². The van der Waals surface area contributed by atoms with Crippen molar-refractivity contribution in [3.8, 4) is 11.8 Å². The van der Waals surface area contributed by atoms with Gasteiger partial charge in [0.1, 0.15) is 5.82 Å². The standard InChI is InChI=1S/C15H15FO2/c1-18-15(17)13-9-8-12(10-14(13)16)7-6-11-4-2-3-5-11/h8-11H,2-5H2,1H3. The lowest BCUT2D eigenvalue weighted by Crippen LogP contribution is -2.04. The Morgan fingerprint density at radius 3 is 2.72 bits per heavy atom. The number of carbonyl (C=O) groups excluding carboxylic acids is 1. The summed E-state index contributed by atoms with van der Waals surface area (Å²) in [4.78, 5) is 11.2. The first-order chi connectivity index (χ1) is 8.70. The molecule has 1 aromatic rings. The van der Waals surface area contributed by atoms with Crippen molar-refractivity contribution in [3.05, 3.63) is 35.1 Å². The van der Waals surface area contributed by atoms with Crippen LogP contribution in [0.4, 0.5) is 4.39 Å². The van der Waals surface area contributed by atoms with E-state index in [-0.39, 0.29) is 5.56 Å². The molecule has 3 heteroatoms. The first kappa shape index (κ1) is 12.6. The summed E-state index contributed by atoms with van der Waals surface area (Å²) in [5.41, 5.74) is 0.552. The highest BCUT2D eigenvalue weighted by molar-refractivity contribution is 5.89. The van der Waals surface area contributed by atoms with Crippen LogP contribution in [0.25, 0.3) is 0 Å². The monoisotopic (exact) mass is 246 g/mol. The quantitative estimate of drug-likeness (QED) is 0.562. The van der Waals surface area contributed by atoms with E-state index in [4.69, 9.17) is 0 Å². The van der Waals surface area contributed by atoms with Gasteiger partial charge >= 0.3 is 5.97 Å². The molecule has 0 aliphatic heterocycles. The third-order valence-corrected chi connectivity index (χ3v) is 3.15. The van der Waals surface area contributed by atoms with Crippen LogP contribution in [-0.2, 0) is 4.74 Å². The van der Waals surface area contributed by atoms with Gasteiger partial charge in [0.05, 0.1) is 12.7 Å². The Kier molecular flexibility index (Phi) is 3.99. The second-order valence-corrected chi connectivity index (χ2v) is 4.44. The van der Waals surface area contributed by atoms with E-state index in [1.54, 1.807) is 6.07 Å². The van der Waals surface area contributed by atoms with E-state index in [1.165, 1.54) is 32.1 Å². The summed E-state index contributed by atoms with van der Waals surface area (Å²) >= 11 is 0. The van der Waals surface area contributed by atoms with Crippen LogP contribution in [0.1, 0.15) is 41.6 Å². The highest BCUT2D eigenvalue weighted by atomic mass is 19.1. The van der Waals surface area contributed by atoms with Crippen LogP contribution in [-0.4, -0.2) is 13.1 Å². The first-order valence-electron chi connectivity index (χ1n) is 6.10. The number of benzene rings is 1. The molecule has 0 aromatic heterocycles. The number of hydrogen-bond acceptors (Lipinski definition) is 2. The summed E-state index contributed by atoms with van der Waals surface area (Å²) in [6.45, 7) is 0. The number of methoxy groups -OCH3 is 1. The molecular formula is C15H15FO2. The lowest BCUT2D eigenvalue weighted by molar-refractivity contribution is 0.0595. The zero-order valence-corrected chi connectivity index (χ0v) is 10.3. The minimum absolute atomic E-state index is 0.0519. The van der Waals surface area contributed by atoms with E-state index >= 15 is 0 Å². The molecule has 1 aliphatic carbocycles. The van der Waals surface area contributed by atoms with Crippen LogP contribution in [0, 0.1) is 23.6 Å². The molecule has 18 heavy (non-hydrogen) atoms. The van der Waals surface area contributed by atoms with Crippen molar-refractivity contribution in [2.45, 2.75) is 25.7 Å². The molecule has 0 amide bonds. The maximum atomic E-state index is 13.6. The molecule has 0 heterocycles. The van der Waals surface area contributed by atoms with E-state index in [0.717, 1.165) is 12.8 Å². The number of hydrogen-bond donors (Lipinski definition) is 0. The van der Waals surface area contributed by atoms with Crippen molar-refractivity contribution in [1.29, 1.82) is 0 Å².